The summed E-state index contributed by atoms with van der Waals surface area (Å²) in [4.78, 5) is 13.6. The Labute approximate surface area is 255 Å². The third kappa shape index (κ3) is 7.07. The molecule has 0 amide bonds. The number of hydrogen-bond donors (Lipinski definition) is 2. The smallest absolute Gasteiger partial charge is 0.321 e. The number of aliphatic hydroxyl groups excluding tert-OH is 1. The van der Waals surface area contributed by atoms with Crippen LogP contribution < -0.4 is 9.47 Å². The topological polar surface area (TPSA) is 103 Å². The van der Waals surface area contributed by atoms with Crippen molar-refractivity contribution in [3.8, 4) is 28.7 Å². The Hall–Kier alpha value is -4.61. The molecule has 4 aromatic rings. The summed E-state index contributed by atoms with van der Waals surface area (Å²) in [7, 11) is 0. The van der Waals surface area contributed by atoms with Crippen LogP contribution in [0.2, 0.25) is 5.02 Å². The SMILES string of the molecule is C=Cc1c(COc2cc(OCc3cccc(C#N)c3)c(CN3CC(O)CC3C(=O)O)cc2Cl)cccc1-c1ccccc1. The molecule has 1 heterocycles. The summed E-state index contributed by atoms with van der Waals surface area (Å²) >= 11 is 6.72. The average Bonchev–Trinajstić information content (AvgIpc) is 3.40. The van der Waals surface area contributed by atoms with Gasteiger partial charge in [-0.1, -0.05) is 84.9 Å². The van der Waals surface area contributed by atoms with Gasteiger partial charge in [-0.15, -0.1) is 0 Å². The molecule has 1 saturated heterocycles. The largest absolute Gasteiger partial charge is 0.488 e. The highest BCUT2D eigenvalue weighted by Crippen LogP contribution is 2.36. The molecule has 5 rings (SSSR count). The number of carboxylic acids is 1. The van der Waals surface area contributed by atoms with Gasteiger partial charge in [-0.05, 0) is 46.0 Å². The van der Waals surface area contributed by atoms with Crippen LogP contribution in [0.1, 0.15) is 34.2 Å². The Morgan fingerprint density at radius 2 is 1.77 bits per heavy atom. The van der Waals surface area contributed by atoms with E-state index in [1.54, 1.807) is 35.2 Å². The van der Waals surface area contributed by atoms with E-state index in [9.17, 15) is 20.3 Å². The fourth-order valence-electron chi connectivity index (χ4n) is 5.37. The van der Waals surface area contributed by atoms with Crippen LogP contribution in [0.15, 0.2) is 91.5 Å². The first-order chi connectivity index (χ1) is 20.9. The highest BCUT2D eigenvalue weighted by molar-refractivity contribution is 6.32. The number of nitrogens with zero attached hydrogens (tertiary/aromatic N) is 2. The predicted molar refractivity (Wildman–Crippen MR) is 166 cm³/mol. The van der Waals surface area contributed by atoms with E-state index in [2.05, 4.69) is 12.6 Å². The molecule has 8 heteroatoms. The number of carbonyl (C=O) groups is 1. The molecule has 218 valence electrons. The van der Waals surface area contributed by atoms with E-state index in [1.807, 2.05) is 60.7 Å². The van der Waals surface area contributed by atoms with Gasteiger partial charge in [0.05, 0.1) is 22.8 Å². The minimum Gasteiger partial charge on any atom is -0.488 e. The summed E-state index contributed by atoms with van der Waals surface area (Å²) in [6.07, 6.45) is 1.23. The molecule has 2 atom stereocenters. The number of benzene rings is 4. The minimum atomic E-state index is -0.992. The third-order valence-corrected chi connectivity index (χ3v) is 7.77. The van der Waals surface area contributed by atoms with E-state index in [0.717, 1.165) is 27.8 Å². The van der Waals surface area contributed by atoms with Crippen LogP contribution in [0.4, 0.5) is 0 Å². The molecular formula is C35H31ClN2O5. The van der Waals surface area contributed by atoms with Gasteiger partial charge in [0.2, 0.25) is 0 Å². The van der Waals surface area contributed by atoms with Gasteiger partial charge in [-0.3, -0.25) is 9.69 Å². The molecule has 1 aliphatic heterocycles. The number of aliphatic hydroxyl groups is 1. The van der Waals surface area contributed by atoms with Crippen molar-refractivity contribution in [2.75, 3.05) is 6.54 Å². The first kappa shape index (κ1) is 29.9. The van der Waals surface area contributed by atoms with E-state index in [-0.39, 0.29) is 32.7 Å². The number of halogens is 1. The fraction of sp³-hybridized carbons (Fsp3) is 0.200. The van der Waals surface area contributed by atoms with Gasteiger partial charge in [0.15, 0.2) is 0 Å². The number of β-amino-alcohol motifs (C(OH)–C–C–N with tert-alkyl or cyclic N) is 1. The zero-order valence-corrected chi connectivity index (χ0v) is 24.2. The molecule has 0 radical (unpaired) electrons. The summed E-state index contributed by atoms with van der Waals surface area (Å²) in [5.41, 5.74) is 5.99. The van der Waals surface area contributed by atoms with Crippen molar-refractivity contribution in [3.05, 3.63) is 124 Å². The van der Waals surface area contributed by atoms with Crippen molar-refractivity contribution in [2.45, 2.75) is 38.3 Å². The Bertz CT molecular complexity index is 1670. The molecule has 0 bridgehead atoms. The lowest BCUT2D eigenvalue weighted by Crippen LogP contribution is -2.35. The number of ether oxygens (including phenoxy) is 2. The third-order valence-electron chi connectivity index (χ3n) is 7.47. The molecule has 4 aromatic carbocycles. The van der Waals surface area contributed by atoms with Gasteiger partial charge in [0.25, 0.3) is 0 Å². The Morgan fingerprint density at radius 1 is 1.00 bits per heavy atom. The summed E-state index contributed by atoms with van der Waals surface area (Å²) in [6, 6.07) is 27.9. The van der Waals surface area contributed by atoms with Crippen molar-refractivity contribution in [1.82, 2.24) is 4.90 Å². The monoisotopic (exact) mass is 594 g/mol. The van der Waals surface area contributed by atoms with Crippen LogP contribution >= 0.6 is 11.6 Å². The maximum Gasteiger partial charge on any atom is 0.321 e. The van der Waals surface area contributed by atoms with E-state index < -0.39 is 18.1 Å². The van der Waals surface area contributed by atoms with Crippen LogP contribution in [0.25, 0.3) is 17.2 Å². The van der Waals surface area contributed by atoms with E-state index in [0.29, 0.717) is 27.6 Å². The lowest BCUT2D eigenvalue weighted by molar-refractivity contribution is -0.142. The fourth-order valence-corrected chi connectivity index (χ4v) is 5.61. The molecule has 1 fully saturated rings. The number of hydrogen-bond acceptors (Lipinski definition) is 6. The maximum absolute atomic E-state index is 11.8. The quantitative estimate of drug-likeness (QED) is 0.199. The second-order valence-corrected chi connectivity index (χ2v) is 10.8. The molecule has 2 N–H and O–H groups in total. The van der Waals surface area contributed by atoms with Crippen molar-refractivity contribution < 1.29 is 24.5 Å². The van der Waals surface area contributed by atoms with Crippen molar-refractivity contribution in [2.24, 2.45) is 0 Å². The summed E-state index contributed by atoms with van der Waals surface area (Å²) in [5.74, 6) is -0.119. The summed E-state index contributed by atoms with van der Waals surface area (Å²) in [5, 5.41) is 29.5. The lowest BCUT2D eigenvalue weighted by atomic mass is 9.96. The highest BCUT2D eigenvalue weighted by Gasteiger charge is 2.36. The molecule has 0 aromatic heterocycles. The van der Waals surface area contributed by atoms with Crippen LogP contribution in [0.5, 0.6) is 11.5 Å². The van der Waals surface area contributed by atoms with Crippen LogP contribution in [0, 0.1) is 11.3 Å². The first-order valence-electron chi connectivity index (χ1n) is 13.9. The minimum absolute atomic E-state index is 0.148. The van der Waals surface area contributed by atoms with Crippen molar-refractivity contribution in [1.29, 1.82) is 5.26 Å². The van der Waals surface area contributed by atoms with Crippen molar-refractivity contribution in [3.63, 3.8) is 0 Å². The van der Waals surface area contributed by atoms with Gasteiger partial charge >= 0.3 is 5.97 Å². The second kappa shape index (κ2) is 13.6. The van der Waals surface area contributed by atoms with Crippen LogP contribution in [0.3, 0.4) is 0 Å². The molecule has 7 nitrogen and oxygen atoms in total. The standard InChI is InChI=1S/C35H31ClN2O5/c1-2-29-26(12-7-13-30(29)25-10-4-3-5-11-25)22-43-34-17-33(42-21-24-9-6-8-23(14-24)18-37)27(15-31(34)36)19-38-20-28(39)16-32(38)35(40)41/h2-15,17,28,32,39H,1,16,19-22H2,(H,40,41). The summed E-state index contributed by atoms with van der Waals surface area (Å²) in [6.45, 7) is 4.86. The molecule has 0 aliphatic carbocycles. The number of rotatable bonds is 11. The molecule has 2 unspecified atom stereocenters. The number of carboxylic acid groups (broad SMARTS) is 1. The predicted octanol–water partition coefficient (Wildman–Crippen LogP) is 6.70. The second-order valence-electron chi connectivity index (χ2n) is 10.4. The lowest BCUT2D eigenvalue weighted by Gasteiger charge is -2.23. The van der Waals surface area contributed by atoms with Gasteiger partial charge in [-0.25, -0.2) is 0 Å². The Morgan fingerprint density at radius 3 is 2.51 bits per heavy atom. The molecule has 43 heavy (non-hydrogen) atoms. The average molecular weight is 595 g/mol. The van der Waals surface area contributed by atoms with E-state index in [1.165, 1.54) is 0 Å². The number of aliphatic carboxylic acids is 1. The van der Waals surface area contributed by atoms with Crippen LogP contribution in [-0.4, -0.2) is 39.8 Å². The van der Waals surface area contributed by atoms with Gasteiger partial charge in [0.1, 0.15) is 30.8 Å². The molecule has 1 aliphatic rings. The highest BCUT2D eigenvalue weighted by atomic mass is 35.5. The molecular weight excluding hydrogens is 564 g/mol. The van der Waals surface area contributed by atoms with Crippen LogP contribution in [-0.2, 0) is 24.6 Å². The van der Waals surface area contributed by atoms with E-state index >= 15 is 0 Å². The zero-order valence-electron chi connectivity index (χ0n) is 23.4. The van der Waals surface area contributed by atoms with Crippen molar-refractivity contribution >= 4 is 23.6 Å². The summed E-state index contributed by atoms with van der Waals surface area (Å²) < 4.78 is 12.5. The Kier molecular flexibility index (Phi) is 9.43. The number of nitriles is 1. The van der Waals surface area contributed by atoms with Gasteiger partial charge in [0, 0.05) is 31.1 Å². The van der Waals surface area contributed by atoms with Gasteiger partial charge in [-0.2, -0.15) is 5.26 Å². The normalized spacial score (nSPS) is 16.4. The zero-order chi connectivity index (χ0) is 30.3. The molecule has 0 spiro atoms. The number of likely N-dealkylation sites (tertiary alicyclic amines) is 1. The molecule has 0 saturated carbocycles. The maximum atomic E-state index is 11.8. The Balaban J connectivity index is 1.43. The van der Waals surface area contributed by atoms with Gasteiger partial charge < -0.3 is 19.7 Å². The first-order valence-corrected chi connectivity index (χ1v) is 14.3. The van der Waals surface area contributed by atoms with E-state index in [4.69, 9.17) is 21.1 Å².